The van der Waals surface area contributed by atoms with Crippen molar-refractivity contribution in [2.75, 3.05) is 9.80 Å². The maximum Gasteiger partial charge on any atom is 0.159 e. The number of fused-ring (bicyclic) bond motifs is 8. The summed E-state index contributed by atoms with van der Waals surface area (Å²) in [4.78, 5) is 4.83. The number of hydrogen-bond donors (Lipinski definition) is 0. The molecule has 0 aliphatic heterocycles. The second-order valence-electron chi connectivity index (χ2n) is 20.1. The van der Waals surface area contributed by atoms with E-state index in [0.29, 0.717) is 0 Å². The second-order valence-corrected chi connectivity index (χ2v) is 20.1. The monoisotopic (exact) mass is 934 g/mol. The van der Waals surface area contributed by atoms with E-state index < -0.39 is 0 Å². The first-order chi connectivity index (χ1) is 35.9. The van der Waals surface area contributed by atoms with Crippen LogP contribution in [0.3, 0.4) is 0 Å². The Kier molecular flexibility index (Phi) is 9.78. The van der Waals surface area contributed by atoms with Gasteiger partial charge in [-0.15, -0.1) is 0 Å². The van der Waals surface area contributed by atoms with Crippen molar-refractivity contribution in [1.82, 2.24) is 0 Å². The number of rotatable bonds is 8. The van der Waals surface area contributed by atoms with E-state index in [4.69, 9.17) is 4.42 Å². The van der Waals surface area contributed by atoms with Gasteiger partial charge in [-0.05, 0) is 168 Å². The highest BCUT2D eigenvalue weighted by Gasteiger charge is 2.36. The third-order valence-electron chi connectivity index (χ3n) is 15.5. The van der Waals surface area contributed by atoms with Gasteiger partial charge in [0, 0.05) is 44.6 Å². The van der Waals surface area contributed by atoms with Gasteiger partial charge in [0.25, 0.3) is 0 Å². The van der Waals surface area contributed by atoms with E-state index in [0.717, 1.165) is 56.1 Å². The van der Waals surface area contributed by atoms with Gasteiger partial charge in [-0.25, -0.2) is 0 Å². The molecule has 0 radical (unpaired) electrons. The lowest BCUT2D eigenvalue weighted by molar-refractivity contribution is 0.645. The molecule has 0 amide bonds. The normalized spacial score (nSPS) is 12.7. The molecule has 0 atom stereocenters. The SMILES string of the molecule is Cc1c2c3c(cccc3c3cc(N(c4ccc5ccccc5c4)c4cccc5c4oc4ccccc45)ccc13)C(C)(C)c1cc(N(c3ccccc3)c3cc(-c4ccccc4)cc(-c4ccccc4)c3)ccc1-2. The quantitative estimate of drug-likeness (QED) is 0.142. The molecule has 1 heterocycles. The van der Waals surface area contributed by atoms with Crippen LogP contribution in [0.2, 0.25) is 0 Å². The summed E-state index contributed by atoms with van der Waals surface area (Å²) in [5, 5.41) is 9.68. The van der Waals surface area contributed by atoms with Crippen LogP contribution in [0.25, 0.3) is 87.6 Å². The van der Waals surface area contributed by atoms with E-state index in [2.05, 4.69) is 273 Å². The molecular formula is C70H50N2O. The van der Waals surface area contributed by atoms with Crippen molar-refractivity contribution in [3.63, 3.8) is 0 Å². The van der Waals surface area contributed by atoms with Crippen LogP contribution < -0.4 is 9.80 Å². The van der Waals surface area contributed by atoms with Crippen LogP contribution in [0.4, 0.5) is 34.1 Å². The first-order valence-corrected chi connectivity index (χ1v) is 25.3. The van der Waals surface area contributed by atoms with Crippen molar-refractivity contribution in [3.8, 4) is 33.4 Å². The van der Waals surface area contributed by atoms with Crippen LogP contribution in [0.1, 0.15) is 30.5 Å². The van der Waals surface area contributed by atoms with Gasteiger partial charge in [0.2, 0.25) is 0 Å². The Balaban J connectivity index is 0.959. The molecule has 0 saturated heterocycles. The molecule has 0 fully saturated rings. The van der Waals surface area contributed by atoms with Gasteiger partial charge >= 0.3 is 0 Å². The molecule has 1 aromatic heterocycles. The van der Waals surface area contributed by atoms with Crippen molar-refractivity contribution in [2.45, 2.75) is 26.2 Å². The fraction of sp³-hybridized carbons (Fsp3) is 0.0571. The lowest BCUT2D eigenvalue weighted by Gasteiger charge is -2.38. The summed E-state index contributed by atoms with van der Waals surface area (Å²) in [5.74, 6) is 0. The van der Waals surface area contributed by atoms with Gasteiger partial charge in [-0.2, -0.15) is 0 Å². The van der Waals surface area contributed by atoms with E-state index in [1.807, 2.05) is 6.07 Å². The number of nitrogens with zero attached hydrogens (tertiary/aromatic N) is 2. The molecule has 13 aromatic rings. The minimum Gasteiger partial charge on any atom is -0.454 e. The Hall–Kier alpha value is -9.18. The number of furan rings is 1. The van der Waals surface area contributed by atoms with Crippen molar-refractivity contribution >= 4 is 88.4 Å². The maximum atomic E-state index is 6.76. The lowest BCUT2D eigenvalue weighted by atomic mass is 9.67. The zero-order valence-corrected chi connectivity index (χ0v) is 41.0. The summed E-state index contributed by atoms with van der Waals surface area (Å²) in [7, 11) is 0. The Morgan fingerprint density at radius 1 is 0.356 bits per heavy atom. The predicted molar refractivity (Wildman–Crippen MR) is 309 cm³/mol. The van der Waals surface area contributed by atoms with Crippen LogP contribution in [0, 0.1) is 6.92 Å². The summed E-state index contributed by atoms with van der Waals surface area (Å²) < 4.78 is 6.76. The topological polar surface area (TPSA) is 19.6 Å². The van der Waals surface area contributed by atoms with Crippen LogP contribution in [-0.4, -0.2) is 0 Å². The molecule has 3 heteroatoms. The largest absolute Gasteiger partial charge is 0.454 e. The van der Waals surface area contributed by atoms with Gasteiger partial charge in [-0.1, -0.05) is 184 Å². The zero-order chi connectivity index (χ0) is 48.8. The summed E-state index contributed by atoms with van der Waals surface area (Å²) in [5.41, 5.74) is 19.2. The molecule has 1 aliphatic rings. The number of anilines is 6. The predicted octanol–water partition coefficient (Wildman–Crippen LogP) is 19.9. The standard InChI is InChI=1S/C70H50N2O/c1-45-57-37-35-54(72(53-34-33-48-23-13-14-24-49(48)40-53)65-31-18-29-60-58-27-15-16-32-66(58)73-69(60)65)43-62(57)59-28-17-30-63-68(59)67(45)61-38-36-55(44-64(61)70(63,2)3)71(52-25-11-6-12-26-52)56-41-50(46-19-7-4-8-20-46)39-51(42-56)47-21-9-5-10-22-47/h4-44H,1-3H3. The molecule has 0 N–H and O–H groups in total. The fourth-order valence-corrected chi connectivity index (χ4v) is 12.0. The maximum absolute atomic E-state index is 6.76. The van der Waals surface area contributed by atoms with Gasteiger partial charge in [-0.3, -0.25) is 0 Å². The molecule has 1 aliphatic carbocycles. The highest BCUT2D eigenvalue weighted by atomic mass is 16.3. The minimum atomic E-state index is -0.326. The van der Waals surface area contributed by atoms with E-state index in [1.54, 1.807) is 0 Å². The Morgan fingerprint density at radius 2 is 0.959 bits per heavy atom. The first-order valence-electron chi connectivity index (χ1n) is 25.3. The molecule has 0 spiro atoms. The molecular weight excluding hydrogens is 885 g/mol. The van der Waals surface area contributed by atoms with Gasteiger partial charge in [0.1, 0.15) is 5.58 Å². The molecule has 0 unspecified atom stereocenters. The van der Waals surface area contributed by atoms with Crippen molar-refractivity contribution in [3.05, 3.63) is 265 Å². The Bertz CT molecular complexity index is 4250. The first kappa shape index (κ1) is 42.7. The van der Waals surface area contributed by atoms with E-state index in [1.165, 1.54) is 82.4 Å². The van der Waals surface area contributed by atoms with Crippen molar-refractivity contribution < 1.29 is 4.42 Å². The highest BCUT2D eigenvalue weighted by Crippen LogP contribution is 2.54. The van der Waals surface area contributed by atoms with Gasteiger partial charge < -0.3 is 14.2 Å². The average molecular weight is 935 g/mol. The molecule has 346 valence electrons. The van der Waals surface area contributed by atoms with Crippen molar-refractivity contribution in [1.29, 1.82) is 0 Å². The number of aryl methyl sites for hydroxylation is 1. The lowest BCUT2D eigenvalue weighted by Crippen LogP contribution is -2.25. The molecule has 0 saturated carbocycles. The molecule has 0 bridgehead atoms. The smallest absolute Gasteiger partial charge is 0.159 e. The Labute approximate surface area is 425 Å². The Morgan fingerprint density at radius 3 is 1.73 bits per heavy atom. The molecule has 3 nitrogen and oxygen atoms in total. The van der Waals surface area contributed by atoms with E-state index in [9.17, 15) is 0 Å². The van der Waals surface area contributed by atoms with Crippen LogP contribution in [0.15, 0.2) is 253 Å². The zero-order valence-electron chi connectivity index (χ0n) is 41.0. The van der Waals surface area contributed by atoms with Crippen LogP contribution >= 0.6 is 0 Å². The molecule has 14 rings (SSSR count). The third kappa shape index (κ3) is 6.88. The minimum absolute atomic E-state index is 0.326. The van der Waals surface area contributed by atoms with Crippen LogP contribution in [0.5, 0.6) is 0 Å². The summed E-state index contributed by atoms with van der Waals surface area (Å²) in [6.07, 6.45) is 0. The summed E-state index contributed by atoms with van der Waals surface area (Å²) >= 11 is 0. The van der Waals surface area contributed by atoms with E-state index in [-0.39, 0.29) is 5.41 Å². The second kappa shape index (κ2) is 16.7. The summed E-state index contributed by atoms with van der Waals surface area (Å²) in [6, 6.07) is 90.8. The average Bonchev–Trinajstić information content (AvgIpc) is 3.84. The van der Waals surface area contributed by atoms with Gasteiger partial charge in [0.05, 0.1) is 5.69 Å². The third-order valence-corrected chi connectivity index (χ3v) is 15.5. The summed E-state index contributed by atoms with van der Waals surface area (Å²) in [6.45, 7) is 7.15. The highest BCUT2D eigenvalue weighted by molar-refractivity contribution is 6.20. The van der Waals surface area contributed by atoms with E-state index >= 15 is 0 Å². The molecule has 73 heavy (non-hydrogen) atoms. The number of benzene rings is 12. The number of para-hydroxylation sites is 3. The fourth-order valence-electron chi connectivity index (χ4n) is 12.0. The van der Waals surface area contributed by atoms with Gasteiger partial charge in [0.15, 0.2) is 5.58 Å². The van der Waals surface area contributed by atoms with Crippen LogP contribution in [-0.2, 0) is 5.41 Å². The van der Waals surface area contributed by atoms with Crippen molar-refractivity contribution in [2.24, 2.45) is 0 Å². The molecule has 12 aromatic carbocycles. The number of hydrogen-bond acceptors (Lipinski definition) is 3.